The van der Waals surface area contributed by atoms with E-state index in [1.165, 1.54) is 0 Å². The van der Waals surface area contributed by atoms with E-state index in [-0.39, 0.29) is 11.9 Å². The second kappa shape index (κ2) is 8.69. The smallest absolute Gasteiger partial charge is 0.231 e. The first-order valence-corrected chi connectivity index (χ1v) is 11.8. The third-order valence-corrected chi connectivity index (χ3v) is 6.84. The number of benzene rings is 1. The number of piperidine rings is 1. The number of nitrogens with two attached hydrogens (primary N) is 1. The van der Waals surface area contributed by atoms with E-state index >= 15 is 0 Å². The molecule has 2 aliphatic rings. The lowest BCUT2D eigenvalue weighted by Crippen LogP contribution is -2.40. The summed E-state index contributed by atoms with van der Waals surface area (Å²) in [5, 5.41) is 6.87. The van der Waals surface area contributed by atoms with Crippen LogP contribution in [-0.4, -0.2) is 81.5 Å². The van der Waals surface area contributed by atoms with Crippen LogP contribution in [0.4, 0.5) is 5.82 Å². The first kappa shape index (κ1) is 21.1. The van der Waals surface area contributed by atoms with Crippen LogP contribution in [0.15, 0.2) is 36.7 Å². The highest BCUT2D eigenvalue weighted by atomic mass is 16.5. The van der Waals surface area contributed by atoms with Crippen molar-refractivity contribution >= 4 is 33.7 Å². The zero-order valence-corrected chi connectivity index (χ0v) is 19.0. The van der Waals surface area contributed by atoms with E-state index in [0.717, 1.165) is 72.3 Å². The number of carbonyl (C=O) groups is 1. The highest BCUT2D eigenvalue weighted by molar-refractivity contribution is 5.90. The fraction of sp³-hybridized carbons (Fsp3) is 0.417. The van der Waals surface area contributed by atoms with E-state index in [9.17, 15) is 4.79 Å². The van der Waals surface area contributed by atoms with Crippen LogP contribution in [0.25, 0.3) is 33.3 Å². The van der Waals surface area contributed by atoms with Gasteiger partial charge in [-0.3, -0.25) is 9.69 Å². The van der Waals surface area contributed by atoms with Gasteiger partial charge in [0, 0.05) is 48.8 Å². The Morgan fingerprint density at radius 2 is 1.94 bits per heavy atom. The molecule has 0 radical (unpaired) electrons. The lowest BCUT2D eigenvalue weighted by atomic mass is 10.1. The second-order valence-electron chi connectivity index (χ2n) is 9.05. The van der Waals surface area contributed by atoms with Gasteiger partial charge in [-0.05, 0) is 37.1 Å². The van der Waals surface area contributed by atoms with Crippen LogP contribution in [0.1, 0.15) is 18.9 Å². The van der Waals surface area contributed by atoms with E-state index in [2.05, 4.69) is 43.7 Å². The molecule has 0 spiro atoms. The van der Waals surface area contributed by atoms with Gasteiger partial charge in [-0.2, -0.15) is 5.10 Å². The molecule has 0 unspecified atom stereocenters. The quantitative estimate of drug-likeness (QED) is 0.467. The first-order valence-electron chi connectivity index (χ1n) is 11.8. The molecule has 2 aliphatic heterocycles. The number of likely N-dealkylation sites (tertiary alicyclic amines) is 1. The number of aromatic nitrogens is 5. The van der Waals surface area contributed by atoms with Crippen LogP contribution in [0.3, 0.4) is 0 Å². The third-order valence-electron chi connectivity index (χ3n) is 6.84. The van der Waals surface area contributed by atoms with Crippen molar-refractivity contribution in [2.75, 3.05) is 50.8 Å². The summed E-state index contributed by atoms with van der Waals surface area (Å²) < 4.78 is 7.63. The highest BCUT2D eigenvalue weighted by Crippen LogP contribution is 2.32. The predicted octanol–water partition coefficient (Wildman–Crippen LogP) is 1.93. The topological polar surface area (TPSA) is 118 Å². The molecule has 176 valence electrons. The summed E-state index contributed by atoms with van der Waals surface area (Å²) in [6, 6.07) is 8.53. The van der Waals surface area contributed by atoms with E-state index in [1.807, 2.05) is 12.4 Å². The minimum atomic E-state index is -0.282. The Balaban J connectivity index is 1.41. The van der Waals surface area contributed by atoms with Crippen LogP contribution < -0.4 is 10.6 Å². The van der Waals surface area contributed by atoms with Gasteiger partial charge in [0.25, 0.3) is 0 Å². The number of ether oxygens (including phenoxy) is 1. The van der Waals surface area contributed by atoms with Crippen LogP contribution in [-0.2, 0) is 9.53 Å². The summed E-state index contributed by atoms with van der Waals surface area (Å²) in [7, 11) is 0. The number of hydrogen-bond donors (Lipinski definition) is 2. The molecule has 5 heterocycles. The van der Waals surface area contributed by atoms with E-state index in [0.29, 0.717) is 25.6 Å². The summed E-state index contributed by atoms with van der Waals surface area (Å²) >= 11 is 0. The van der Waals surface area contributed by atoms with Crippen molar-refractivity contribution in [1.82, 2.24) is 29.6 Å². The number of primary amides is 1. The van der Waals surface area contributed by atoms with E-state index in [4.69, 9.17) is 25.5 Å². The van der Waals surface area contributed by atoms with Gasteiger partial charge in [-0.15, -0.1) is 0 Å². The number of carbonyl (C=O) groups excluding carboxylic acids is 1. The van der Waals surface area contributed by atoms with Gasteiger partial charge in [0.05, 0.1) is 37.4 Å². The van der Waals surface area contributed by atoms with E-state index < -0.39 is 0 Å². The van der Waals surface area contributed by atoms with Crippen LogP contribution in [0.2, 0.25) is 0 Å². The molecule has 6 rings (SSSR count). The molecule has 10 heteroatoms. The second-order valence-corrected chi connectivity index (χ2v) is 9.05. The maximum absolute atomic E-state index is 11.3. The summed E-state index contributed by atoms with van der Waals surface area (Å²) in [6.07, 6.45) is 5.63. The number of amides is 1. The number of aromatic amines is 1. The van der Waals surface area contributed by atoms with Gasteiger partial charge in [0.2, 0.25) is 5.91 Å². The van der Waals surface area contributed by atoms with Gasteiger partial charge in [-0.1, -0.05) is 0 Å². The van der Waals surface area contributed by atoms with Crippen molar-refractivity contribution in [3.8, 4) is 11.4 Å². The van der Waals surface area contributed by atoms with Gasteiger partial charge in [0.1, 0.15) is 5.82 Å². The Morgan fingerprint density at radius 1 is 1.12 bits per heavy atom. The summed E-state index contributed by atoms with van der Waals surface area (Å²) in [4.78, 5) is 29.0. The number of fused-ring (bicyclic) bond motifs is 2. The average molecular weight is 461 g/mol. The molecular weight excluding hydrogens is 432 g/mol. The molecule has 0 aliphatic carbocycles. The normalized spacial score (nSPS) is 18.2. The molecule has 1 amide bonds. The van der Waals surface area contributed by atoms with Crippen molar-refractivity contribution < 1.29 is 9.53 Å². The Kier molecular flexibility index (Phi) is 5.39. The molecule has 0 bridgehead atoms. The Hall–Kier alpha value is -3.50. The van der Waals surface area contributed by atoms with Gasteiger partial charge in [0.15, 0.2) is 11.5 Å². The summed E-state index contributed by atoms with van der Waals surface area (Å²) in [6.45, 7) is 4.88. The largest absolute Gasteiger partial charge is 0.378 e. The molecule has 2 saturated heterocycles. The molecule has 2 fully saturated rings. The highest BCUT2D eigenvalue weighted by Gasteiger charge is 2.26. The minimum Gasteiger partial charge on any atom is -0.378 e. The number of anilines is 1. The van der Waals surface area contributed by atoms with Gasteiger partial charge >= 0.3 is 0 Å². The van der Waals surface area contributed by atoms with Crippen molar-refractivity contribution in [2.24, 2.45) is 5.73 Å². The lowest BCUT2D eigenvalue weighted by molar-refractivity contribution is -0.119. The van der Waals surface area contributed by atoms with Crippen molar-refractivity contribution in [2.45, 2.75) is 18.9 Å². The lowest BCUT2D eigenvalue weighted by Gasteiger charge is -2.31. The van der Waals surface area contributed by atoms with Crippen LogP contribution >= 0.6 is 0 Å². The number of H-pyrrole nitrogens is 1. The zero-order valence-electron chi connectivity index (χ0n) is 19.0. The Morgan fingerprint density at radius 3 is 2.74 bits per heavy atom. The molecule has 3 aromatic heterocycles. The minimum absolute atomic E-state index is 0.217. The Bertz CT molecular complexity index is 1330. The molecule has 0 atom stereocenters. The molecule has 1 aromatic carbocycles. The van der Waals surface area contributed by atoms with Crippen molar-refractivity contribution in [3.05, 3.63) is 36.7 Å². The first-order chi connectivity index (χ1) is 16.7. The molecule has 10 nitrogen and oxygen atoms in total. The molecule has 3 N–H and O–H groups in total. The summed E-state index contributed by atoms with van der Waals surface area (Å²) in [5.74, 6) is 1.33. The monoisotopic (exact) mass is 460 g/mol. The summed E-state index contributed by atoms with van der Waals surface area (Å²) in [5.41, 5.74) is 8.31. The SMILES string of the molecule is NC(=O)CN1CCC(n2ncc3c(N4CCOCC4)nc(-c4ccc5[nH]ccc5c4)nc32)CC1. The van der Waals surface area contributed by atoms with Crippen LogP contribution in [0.5, 0.6) is 0 Å². The number of morpholine rings is 1. The number of rotatable bonds is 5. The van der Waals surface area contributed by atoms with Crippen molar-refractivity contribution in [1.29, 1.82) is 0 Å². The van der Waals surface area contributed by atoms with Crippen LogP contribution in [0, 0.1) is 0 Å². The maximum atomic E-state index is 11.3. The number of hydrogen-bond acceptors (Lipinski definition) is 7. The zero-order chi connectivity index (χ0) is 23.1. The fourth-order valence-electron chi connectivity index (χ4n) is 5.06. The number of nitrogens with one attached hydrogen (secondary N) is 1. The van der Waals surface area contributed by atoms with Gasteiger partial charge in [-0.25, -0.2) is 14.6 Å². The Labute approximate surface area is 196 Å². The fourth-order valence-corrected chi connectivity index (χ4v) is 5.06. The standard InChI is InChI=1S/C24H28N8O2/c25-21(33)15-30-7-4-18(5-8-30)32-24-19(14-27-32)23(31-9-11-34-12-10-31)28-22(29-24)17-1-2-20-16(13-17)3-6-26-20/h1-3,6,13-14,18,26H,4-5,7-12,15H2,(H2,25,33). The van der Waals surface area contributed by atoms with Gasteiger partial charge < -0.3 is 20.4 Å². The third kappa shape index (κ3) is 3.88. The maximum Gasteiger partial charge on any atom is 0.231 e. The molecule has 34 heavy (non-hydrogen) atoms. The predicted molar refractivity (Wildman–Crippen MR) is 130 cm³/mol. The van der Waals surface area contributed by atoms with E-state index in [1.54, 1.807) is 0 Å². The molecule has 0 saturated carbocycles. The average Bonchev–Trinajstić information content (AvgIpc) is 3.51. The van der Waals surface area contributed by atoms with Crippen molar-refractivity contribution in [3.63, 3.8) is 0 Å². The molecule has 4 aromatic rings. The number of nitrogens with zero attached hydrogens (tertiary/aromatic N) is 6. The molecular formula is C24H28N8O2.